The van der Waals surface area contributed by atoms with Crippen LogP contribution in [-0.2, 0) is 26.2 Å². The first-order valence-corrected chi connectivity index (χ1v) is 8.39. The van der Waals surface area contributed by atoms with Gasteiger partial charge in [0.25, 0.3) is 0 Å². The summed E-state index contributed by atoms with van der Waals surface area (Å²) in [5, 5.41) is 5.36. The maximum Gasteiger partial charge on any atom is 2.00 e. The third-order valence-electron chi connectivity index (χ3n) is 3.68. The summed E-state index contributed by atoms with van der Waals surface area (Å²) in [7, 11) is 4.19. The van der Waals surface area contributed by atoms with Gasteiger partial charge in [0, 0.05) is 19.8 Å². The molecule has 0 saturated heterocycles. The first-order chi connectivity index (χ1) is 11.7. The average molecular weight is 479 g/mol. The van der Waals surface area contributed by atoms with Crippen LogP contribution in [0.2, 0.25) is 0 Å². The van der Waals surface area contributed by atoms with Gasteiger partial charge in [-0.3, -0.25) is 6.08 Å². The fraction of sp³-hybridized carbons (Fsp3) is 0.217. The van der Waals surface area contributed by atoms with Crippen LogP contribution >= 0.6 is 0 Å². The number of halogens is 2. The predicted octanol–water partition coefficient (Wildman–Crippen LogP) is 0.320. The molecule has 0 unspecified atom stereocenters. The Bertz CT molecular complexity index is 825. The second-order valence-electron chi connectivity index (χ2n) is 5.95. The van der Waals surface area contributed by atoms with E-state index >= 15 is 0 Å². The number of nitrogens with zero attached hydrogens (tertiary/aromatic N) is 1. The van der Waals surface area contributed by atoms with E-state index in [0.717, 1.165) is 6.42 Å². The van der Waals surface area contributed by atoms with Crippen molar-refractivity contribution in [2.75, 3.05) is 19.0 Å². The summed E-state index contributed by atoms with van der Waals surface area (Å²) in [5.41, 5.74) is 1.29. The van der Waals surface area contributed by atoms with Crippen molar-refractivity contribution in [3.8, 4) is 0 Å². The Labute approximate surface area is 195 Å². The molecule has 1 aliphatic carbocycles. The van der Waals surface area contributed by atoms with E-state index in [1.807, 2.05) is 32.4 Å². The zero-order valence-corrected chi connectivity index (χ0v) is 20.3. The molecule has 0 fully saturated rings. The Morgan fingerprint density at radius 2 is 1.59 bits per heavy atom. The van der Waals surface area contributed by atoms with Crippen LogP contribution < -0.4 is 29.7 Å². The summed E-state index contributed by atoms with van der Waals surface area (Å²) in [6, 6.07) is 17.3. The molecule has 0 saturated carbocycles. The van der Waals surface area contributed by atoms with Crippen LogP contribution in [0.5, 0.6) is 0 Å². The molecule has 4 rings (SSSR count). The van der Waals surface area contributed by atoms with Crippen LogP contribution in [0, 0.1) is 12.5 Å². The Morgan fingerprint density at radius 3 is 2.11 bits per heavy atom. The van der Waals surface area contributed by atoms with Crippen molar-refractivity contribution >= 4 is 27.2 Å². The van der Waals surface area contributed by atoms with Crippen LogP contribution in [0.4, 0.5) is 5.69 Å². The fourth-order valence-corrected chi connectivity index (χ4v) is 2.70. The molecule has 0 amide bonds. The topological polar surface area (TPSA) is 3.24 Å². The molecule has 0 atom stereocenters. The maximum absolute atomic E-state index is 2.99. The summed E-state index contributed by atoms with van der Waals surface area (Å²) in [5.74, 6) is 0. The number of hydrogen-bond acceptors (Lipinski definition) is 1. The van der Waals surface area contributed by atoms with Gasteiger partial charge in [-0.25, -0.2) is 12.2 Å². The van der Waals surface area contributed by atoms with Gasteiger partial charge in [-0.1, -0.05) is 35.7 Å². The third kappa shape index (κ3) is 7.90. The molecular weight excluding hydrogens is 452 g/mol. The summed E-state index contributed by atoms with van der Waals surface area (Å²) in [6.07, 6.45) is 12.0. The number of benzene rings is 2. The van der Waals surface area contributed by atoms with Crippen molar-refractivity contribution in [1.29, 1.82) is 0 Å². The van der Waals surface area contributed by atoms with Crippen LogP contribution in [0.3, 0.4) is 0 Å². The van der Waals surface area contributed by atoms with Crippen molar-refractivity contribution in [3.05, 3.63) is 79.3 Å². The van der Waals surface area contributed by atoms with Gasteiger partial charge in [-0.15, -0.1) is 40.8 Å². The molecule has 144 valence electrons. The van der Waals surface area contributed by atoms with Crippen molar-refractivity contribution in [2.24, 2.45) is 0 Å². The first-order valence-electron chi connectivity index (χ1n) is 8.39. The Kier molecular flexibility index (Phi) is 15.7. The van der Waals surface area contributed by atoms with E-state index in [1.54, 1.807) is 0 Å². The van der Waals surface area contributed by atoms with Crippen LogP contribution in [-0.4, -0.2) is 14.1 Å². The van der Waals surface area contributed by atoms with E-state index in [-0.39, 0.29) is 51.0 Å². The Hall–Kier alpha value is -0.947. The summed E-state index contributed by atoms with van der Waals surface area (Å²) >= 11 is 0. The van der Waals surface area contributed by atoms with Gasteiger partial charge in [-0.05, 0) is 0 Å². The van der Waals surface area contributed by atoms with Crippen molar-refractivity contribution in [2.45, 2.75) is 20.3 Å². The first kappa shape index (κ1) is 28.3. The van der Waals surface area contributed by atoms with Gasteiger partial charge < -0.3 is 36.1 Å². The minimum Gasteiger partial charge on any atom is -1.00 e. The molecule has 27 heavy (non-hydrogen) atoms. The Morgan fingerprint density at radius 1 is 0.963 bits per heavy atom. The van der Waals surface area contributed by atoms with E-state index < -0.39 is 0 Å². The molecule has 3 aromatic carbocycles. The molecule has 3 aromatic rings. The standard InChI is InChI=1S/C15H14N.C5H5.C3H7.2ClH.Zr/c1-16(2)14-9-5-7-12-10-11-6-3-4-8-13(11)15(12)14;1-2-4-5-3-1;1-3-2;;;/h3-10H,1-2H3;1-3H,4H2;3H,1-2H3;2*1H;/q3*-1;;;+2/p-2. The molecule has 0 radical (unpaired) electrons. The number of fused-ring (bicyclic) bond motifs is 3. The molecule has 0 N–H and O–H groups in total. The average Bonchev–Trinajstić information content (AvgIpc) is 3.26. The summed E-state index contributed by atoms with van der Waals surface area (Å²) in [6.45, 7) is 4.00. The molecule has 0 aliphatic heterocycles. The van der Waals surface area contributed by atoms with Crippen LogP contribution in [0.1, 0.15) is 20.3 Å². The predicted molar refractivity (Wildman–Crippen MR) is 109 cm³/mol. The van der Waals surface area contributed by atoms with E-state index in [9.17, 15) is 0 Å². The molecule has 1 nitrogen and oxygen atoms in total. The zero-order valence-electron chi connectivity index (χ0n) is 16.3. The van der Waals surface area contributed by atoms with Crippen LogP contribution in [0.15, 0.2) is 66.8 Å². The van der Waals surface area contributed by atoms with Crippen molar-refractivity contribution in [1.82, 2.24) is 0 Å². The van der Waals surface area contributed by atoms with Gasteiger partial charge in [0.1, 0.15) is 0 Å². The van der Waals surface area contributed by atoms with Crippen molar-refractivity contribution in [3.63, 3.8) is 0 Å². The molecule has 4 heteroatoms. The van der Waals surface area contributed by atoms with Gasteiger partial charge in [0.05, 0.1) is 0 Å². The molecule has 1 aliphatic rings. The monoisotopic (exact) mass is 476 g/mol. The number of hydrogen-bond donors (Lipinski definition) is 0. The SMILES string of the molecule is CN(C)c1cccc2[cH-]c3ccccc3c12.C[CH-]C.[C-]1=CC=CC1.[Cl-].[Cl-].[Zr+2]. The third-order valence-corrected chi connectivity index (χ3v) is 3.68. The maximum atomic E-state index is 2.99. The smallest absolute Gasteiger partial charge is 1.00 e. The zero-order chi connectivity index (χ0) is 17.4. The minimum absolute atomic E-state index is 0. The van der Waals surface area contributed by atoms with Gasteiger partial charge in [0.2, 0.25) is 0 Å². The molecule has 0 aromatic heterocycles. The van der Waals surface area contributed by atoms with Crippen LogP contribution in [0.25, 0.3) is 21.5 Å². The van der Waals surface area contributed by atoms with Gasteiger partial charge >= 0.3 is 26.2 Å². The van der Waals surface area contributed by atoms with Gasteiger partial charge in [0.15, 0.2) is 0 Å². The van der Waals surface area contributed by atoms with Crippen molar-refractivity contribution < 1.29 is 51.0 Å². The van der Waals surface area contributed by atoms with E-state index in [2.05, 4.69) is 79.7 Å². The molecular formula is C23H26Cl2NZr-3. The number of rotatable bonds is 1. The number of anilines is 1. The second-order valence-corrected chi connectivity index (χ2v) is 5.95. The minimum atomic E-state index is 0. The molecule has 0 spiro atoms. The molecule has 0 heterocycles. The van der Waals surface area contributed by atoms with E-state index in [0.29, 0.717) is 0 Å². The second kappa shape index (κ2) is 15.0. The van der Waals surface area contributed by atoms with E-state index in [4.69, 9.17) is 0 Å². The summed E-state index contributed by atoms with van der Waals surface area (Å²) < 4.78 is 0. The quantitative estimate of drug-likeness (QED) is 0.456. The van der Waals surface area contributed by atoms with E-state index in [1.165, 1.54) is 27.2 Å². The number of allylic oxidation sites excluding steroid dienone is 4. The van der Waals surface area contributed by atoms with Gasteiger partial charge in [-0.2, -0.15) is 19.9 Å². The normalized spacial score (nSPS) is 10.5. The largest absolute Gasteiger partial charge is 2.00 e. The fourth-order valence-electron chi connectivity index (χ4n) is 2.70. The Balaban J connectivity index is 0. The summed E-state index contributed by atoms with van der Waals surface area (Å²) in [4.78, 5) is 2.18. The molecule has 0 bridgehead atoms.